The topological polar surface area (TPSA) is 38.4 Å². The number of aliphatic imine (C=N–C) groups is 1. The second kappa shape index (κ2) is 6.54. The zero-order valence-electron chi connectivity index (χ0n) is 10.0. The van der Waals surface area contributed by atoms with Crippen molar-refractivity contribution in [3.05, 3.63) is 71.3 Å². The van der Waals surface area contributed by atoms with E-state index < -0.39 is 0 Å². The van der Waals surface area contributed by atoms with E-state index in [1.807, 2.05) is 18.2 Å². The molecule has 0 amide bonds. The molecule has 0 saturated carbocycles. The summed E-state index contributed by atoms with van der Waals surface area (Å²) in [5.74, 6) is 0.607. The second-order valence-electron chi connectivity index (χ2n) is 4.02. The Morgan fingerprint density at radius 3 is 2.17 bits per heavy atom. The zero-order valence-corrected chi connectivity index (χ0v) is 12.2. The smallest absolute Gasteiger partial charge is 0.126 e. The number of benzene rings is 2. The van der Waals surface area contributed by atoms with Crippen molar-refractivity contribution in [2.24, 2.45) is 10.7 Å². The molecule has 18 heavy (non-hydrogen) atoms. The first-order valence-corrected chi connectivity index (χ1v) is 7.31. The summed E-state index contributed by atoms with van der Waals surface area (Å²) in [6.45, 7) is 0. The molecule has 0 saturated heterocycles. The van der Waals surface area contributed by atoms with Crippen LogP contribution >= 0.6 is 22.6 Å². The van der Waals surface area contributed by atoms with Crippen LogP contribution in [0.5, 0.6) is 0 Å². The van der Waals surface area contributed by atoms with Gasteiger partial charge < -0.3 is 5.73 Å². The number of hydrogen-bond donors (Lipinski definition) is 1. The third-order valence-corrected chi connectivity index (χ3v) is 3.07. The number of rotatable bonds is 4. The van der Waals surface area contributed by atoms with Gasteiger partial charge in [-0.2, -0.15) is 0 Å². The summed E-state index contributed by atoms with van der Waals surface area (Å²) in [6, 6.07) is 18.7. The first-order valence-electron chi connectivity index (χ1n) is 5.78. The lowest BCUT2D eigenvalue weighted by Gasteiger charge is -2.04. The molecule has 2 aromatic carbocycles. The van der Waals surface area contributed by atoms with Crippen LogP contribution in [0, 0.1) is 0 Å². The van der Waals surface area contributed by atoms with Crippen LogP contribution in [0.3, 0.4) is 0 Å². The summed E-state index contributed by atoms with van der Waals surface area (Å²) in [7, 11) is 0. The first kappa shape index (κ1) is 13.1. The maximum absolute atomic E-state index is 5.85. The normalized spacial score (nSPS) is 11.5. The van der Waals surface area contributed by atoms with E-state index in [0.717, 1.165) is 12.0 Å². The van der Waals surface area contributed by atoms with E-state index >= 15 is 0 Å². The maximum atomic E-state index is 5.85. The van der Waals surface area contributed by atoms with Gasteiger partial charge in [0.25, 0.3) is 0 Å². The fourth-order valence-corrected chi connectivity index (χ4v) is 2.15. The summed E-state index contributed by atoms with van der Waals surface area (Å²) >= 11 is 2.18. The third-order valence-electron chi connectivity index (χ3n) is 2.73. The molecule has 92 valence electrons. The van der Waals surface area contributed by atoms with Crippen LogP contribution in [-0.4, -0.2) is 10.4 Å². The van der Waals surface area contributed by atoms with Crippen molar-refractivity contribution >= 4 is 28.4 Å². The predicted molar refractivity (Wildman–Crippen MR) is 85.3 cm³/mol. The van der Waals surface area contributed by atoms with Crippen LogP contribution in [0.4, 0.5) is 0 Å². The van der Waals surface area contributed by atoms with Gasteiger partial charge in [0.1, 0.15) is 5.84 Å². The van der Waals surface area contributed by atoms with Gasteiger partial charge in [0, 0.05) is 5.56 Å². The van der Waals surface area contributed by atoms with Crippen molar-refractivity contribution in [1.82, 2.24) is 0 Å². The van der Waals surface area contributed by atoms with Crippen molar-refractivity contribution < 1.29 is 0 Å². The summed E-state index contributed by atoms with van der Waals surface area (Å²) < 4.78 is 0.690. The van der Waals surface area contributed by atoms with Crippen molar-refractivity contribution in [2.75, 3.05) is 4.55 Å². The molecule has 0 fully saturated rings. The fraction of sp³-hybridized carbons (Fsp3) is 0.133. The highest BCUT2D eigenvalue weighted by Gasteiger charge is 1.99. The summed E-state index contributed by atoms with van der Waals surface area (Å²) in [5.41, 5.74) is 9.45. The largest absolute Gasteiger partial charge is 0.383 e. The van der Waals surface area contributed by atoms with Crippen molar-refractivity contribution in [1.29, 1.82) is 0 Å². The second-order valence-corrected chi connectivity index (χ2v) is 4.70. The lowest BCUT2D eigenvalue weighted by atomic mass is 10.0. The van der Waals surface area contributed by atoms with Gasteiger partial charge in [-0.3, -0.25) is 4.99 Å². The van der Waals surface area contributed by atoms with E-state index in [0.29, 0.717) is 10.4 Å². The highest BCUT2D eigenvalue weighted by Crippen LogP contribution is 2.10. The van der Waals surface area contributed by atoms with Crippen molar-refractivity contribution in [2.45, 2.75) is 6.42 Å². The molecule has 0 aliphatic carbocycles. The van der Waals surface area contributed by atoms with E-state index in [1.54, 1.807) is 0 Å². The summed E-state index contributed by atoms with van der Waals surface area (Å²) in [6.07, 6.45) is 0.949. The number of hydrogen-bond acceptors (Lipinski definition) is 1. The van der Waals surface area contributed by atoms with Gasteiger partial charge in [-0.1, -0.05) is 77.2 Å². The number of halogens is 1. The molecular formula is C15H15IN2. The van der Waals surface area contributed by atoms with Crippen LogP contribution < -0.4 is 5.73 Å². The van der Waals surface area contributed by atoms with E-state index in [-0.39, 0.29) is 0 Å². The lowest BCUT2D eigenvalue weighted by Crippen LogP contribution is -2.13. The molecule has 0 aromatic heterocycles. The van der Waals surface area contributed by atoms with E-state index in [1.165, 1.54) is 11.1 Å². The minimum atomic E-state index is 0.607. The summed E-state index contributed by atoms with van der Waals surface area (Å²) in [5, 5.41) is 0. The molecule has 0 spiro atoms. The summed E-state index contributed by atoms with van der Waals surface area (Å²) in [4.78, 5) is 4.19. The molecule has 0 heterocycles. The van der Waals surface area contributed by atoms with Gasteiger partial charge in [-0.05, 0) is 17.5 Å². The predicted octanol–water partition coefficient (Wildman–Crippen LogP) is 3.38. The lowest BCUT2D eigenvalue weighted by molar-refractivity contribution is 1.19. The van der Waals surface area contributed by atoms with Crippen LogP contribution in [0.15, 0.2) is 59.6 Å². The quantitative estimate of drug-likeness (QED) is 0.297. The fourth-order valence-electron chi connectivity index (χ4n) is 1.78. The average molecular weight is 350 g/mol. The van der Waals surface area contributed by atoms with Crippen LogP contribution in [-0.2, 0) is 6.42 Å². The van der Waals surface area contributed by atoms with Gasteiger partial charge in [-0.25, -0.2) is 0 Å². The Morgan fingerprint density at radius 1 is 0.944 bits per heavy atom. The van der Waals surface area contributed by atoms with Gasteiger partial charge >= 0.3 is 0 Å². The molecule has 0 unspecified atom stereocenters. The van der Waals surface area contributed by atoms with Gasteiger partial charge in [0.2, 0.25) is 0 Å². The Hall–Kier alpha value is -1.36. The minimum Gasteiger partial charge on any atom is -0.383 e. The van der Waals surface area contributed by atoms with E-state index in [9.17, 15) is 0 Å². The molecule has 0 bridgehead atoms. The molecular weight excluding hydrogens is 335 g/mol. The first-order chi connectivity index (χ1) is 8.79. The Kier molecular flexibility index (Phi) is 4.75. The number of nitrogens with zero attached hydrogens (tertiary/aromatic N) is 1. The Bertz CT molecular complexity index is 518. The molecule has 0 aliphatic rings. The monoisotopic (exact) mass is 350 g/mol. The van der Waals surface area contributed by atoms with Gasteiger partial charge in [0.15, 0.2) is 0 Å². The molecule has 0 atom stereocenters. The number of amidine groups is 1. The highest BCUT2D eigenvalue weighted by molar-refractivity contribution is 14.1. The molecule has 2 N–H and O–H groups in total. The van der Waals surface area contributed by atoms with Crippen molar-refractivity contribution in [3.63, 3.8) is 0 Å². The van der Waals surface area contributed by atoms with Crippen LogP contribution in [0.1, 0.15) is 16.7 Å². The van der Waals surface area contributed by atoms with Gasteiger partial charge in [-0.15, -0.1) is 0 Å². The molecule has 2 rings (SSSR count). The molecule has 0 aliphatic heterocycles. The standard InChI is InChI=1S/C15H15IN2/c16-11-18-15(17)14-8-6-13(7-9-14)10-12-4-2-1-3-5-12/h1-9H,10-11H2,(H2,17,18). The van der Waals surface area contributed by atoms with E-state index in [2.05, 4.69) is 64.0 Å². The average Bonchev–Trinajstić information content (AvgIpc) is 2.41. The molecule has 0 radical (unpaired) electrons. The molecule has 3 heteroatoms. The highest BCUT2D eigenvalue weighted by atomic mass is 127. The SMILES string of the molecule is N/C(=N\CI)c1ccc(Cc2ccccc2)cc1. The van der Waals surface area contributed by atoms with E-state index in [4.69, 9.17) is 5.73 Å². The van der Waals surface area contributed by atoms with Crippen LogP contribution in [0.2, 0.25) is 0 Å². The molecule has 2 aromatic rings. The Labute approximate surface area is 121 Å². The van der Waals surface area contributed by atoms with Gasteiger partial charge in [0.05, 0.1) is 4.55 Å². The number of nitrogens with two attached hydrogens (primary N) is 1. The Morgan fingerprint density at radius 2 is 1.56 bits per heavy atom. The Balaban J connectivity index is 2.11. The third kappa shape index (κ3) is 3.57. The zero-order chi connectivity index (χ0) is 12.8. The van der Waals surface area contributed by atoms with Crippen molar-refractivity contribution in [3.8, 4) is 0 Å². The van der Waals surface area contributed by atoms with Crippen LogP contribution in [0.25, 0.3) is 0 Å². The number of alkyl halides is 1. The minimum absolute atomic E-state index is 0.607. The molecule has 2 nitrogen and oxygen atoms in total. The maximum Gasteiger partial charge on any atom is 0.126 e.